The number of hydrogen-bond acceptors (Lipinski definition) is 7. The van der Waals surface area contributed by atoms with E-state index in [0.717, 1.165) is 55.3 Å². The van der Waals surface area contributed by atoms with Crippen LogP contribution in [0.4, 0.5) is 6.01 Å². The van der Waals surface area contributed by atoms with Gasteiger partial charge in [0.25, 0.3) is 6.01 Å². The molecule has 2 aromatic heterocycles. The van der Waals surface area contributed by atoms with Gasteiger partial charge in [-0.05, 0) is 44.4 Å². The van der Waals surface area contributed by atoms with E-state index in [1.54, 1.807) is 0 Å². The first kappa shape index (κ1) is 14.9. The monoisotopic (exact) mass is 339 g/mol. The Morgan fingerprint density at radius 1 is 1.16 bits per heavy atom. The maximum atomic E-state index is 5.78. The normalized spacial score (nSPS) is 21.7. The summed E-state index contributed by atoms with van der Waals surface area (Å²) in [7, 11) is 0. The van der Waals surface area contributed by atoms with E-state index in [1.807, 2.05) is 24.3 Å². The van der Waals surface area contributed by atoms with E-state index in [4.69, 9.17) is 8.94 Å². The fourth-order valence-corrected chi connectivity index (χ4v) is 3.45. The molecule has 1 N–H and O–H groups in total. The fraction of sp³-hybridized carbons (Fsp3) is 0.500. The van der Waals surface area contributed by atoms with Gasteiger partial charge in [0.15, 0.2) is 11.4 Å². The van der Waals surface area contributed by atoms with Gasteiger partial charge in [0.2, 0.25) is 5.89 Å². The van der Waals surface area contributed by atoms with E-state index in [9.17, 15) is 0 Å². The summed E-state index contributed by atoms with van der Waals surface area (Å²) in [4.78, 5) is 11.4. The molecule has 3 aromatic rings. The largest absolute Gasteiger partial charge is 0.424 e. The third-order valence-electron chi connectivity index (χ3n) is 4.90. The Bertz CT molecular complexity index is 836. The predicted molar refractivity (Wildman–Crippen MR) is 92.2 cm³/mol. The summed E-state index contributed by atoms with van der Waals surface area (Å²) in [5, 5.41) is 7.57. The summed E-state index contributed by atoms with van der Waals surface area (Å²) < 4.78 is 11.1. The van der Waals surface area contributed by atoms with Crippen LogP contribution in [0.2, 0.25) is 0 Å². The van der Waals surface area contributed by atoms with E-state index in [1.165, 1.54) is 12.8 Å². The van der Waals surface area contributed by atoms with E-state index >= 15 is 0 Å². The third-order valence-corrected chi connectivity index (χ3v) is 4.90. The van der Waals surface area contributed by atoms with Crippen molar-refractivity contribution in [2.75, 3.05) is 18.4 Å². The first-order valence-corrected chi connectivity index (χ1v) is 9.00. The van der Waals surface area contributed by atoms with E-state index in [0.29, 0.717) is 18.0 Å². The van der Waals surface area contributed by atoms with Crippen molar-refractivity contribution in [3.05, 3.63) is 36.0 Å². The molecule has 3 heterocycles. The Kier molecular flexibility index (Phi) is 3.66. The molecule has 0 bridgehead atoms. The Morgan fingerprint density at radius 3 is 2.96 bits per heavy atom. The zero-order chi connectivity index (χ0) is 16.6. The predicted octanol–water partition coefficient (Wildman–Crippen LogP) is 3.16. The first-order valence-electron chi connectivity index (χ1n) is 9.00. The second-order valence-corrected chi connectivity index (χ2v) is 7.03. The van der Waals surface area contributed by atoms with Crippen molar-refractivity contribution in [3.8, 4) is 0 Å². The smallest absolute Gasteiger partial charge is 0.295 e. The van der Waals surface area contributed by atoms with Crippen LogP contribution in [0.5, 0.6) is 0 Å². The highest BCUT2D eigenvalue weighted by Gasteiger charge is 2.30. The van der Waals surface area contributed by atoms with E-state index in [-0.39, 0.29) is 0 Å². The number of anilines is 1. The molecule has 1 atom stereocenters. The van der Waals surface area contributed by atoms with Crippen molar-refractivity contribution < 1.29 is 8.94 Å². The molecular weight excluding hydrogens is 318 g/mol. The number of nitrogens with one attached hydrogen (secondary N) is 1. The highest BCUT2D eigenvalue weighted by molar-refractivity contribution is 5.74. The lowest BCUT2D eigenvalue weighted by Gasteiger charge is -2.31. The van der Waals surface area contributed by atoms with Crippen LogP contribution in [0.1, 0.15) is 43.3 Å². The molecule has 5 rings (SSSR count). The number of oxazole rings is 1. The van der Waals surface area contributed by atoms with Gasteiger partial charge in [-0.1, -0.05) is 17.3 Å². The van der Waals surface area contributed by atoms with Crippen LogP contribution >= 0.6 is 0 Å². The molecule has 7 heteroatoms. The van der Waals surface area contributed by atoms with Gasteiger partial charge < -0.3 is 14.3 Å². The number of hydrogen-bond donors (Lipinski definition) is 1. The summed E-state index contributed by atoms with van der Waals surface area (Å²) in [6, 6.07) is 8.75. The van der Waals surface area contributed by atoms with Gasteiger partial charge in [0.05, 0.1) is 6.54 Å². The number of rotatable bonds is 5. The molecule has 130 valence electrons. The second-order valence-electron chi connectivity index (χ2n) is 7.03. The number of para-hydroxylation sites is 2. The highest BCUT2D eigenvalue weighted by Crippen LogP contribution is 2.38. The molecule has 0 amide bonds. The summed E-state index contributed by atoms with van der Waals surface area (Å²) >= 11 is 0. The van der Waals surface area contributed by atoms with Crippen LogP contribution in [0.25, 0.3) is 11.1 Å². The lowest BCUT2D eigenvalue weighted by molar-refractivity contribution is 0.200. The molecule has 0 spiro atoms. The first-order chi connectivity index (χ1) is 12.3. The number of nitrogens with zero attached hydrogens (tertiary/aromatic N) is 4. The number of aromatic nitrogens is 3. The molecule has 1 aromatic carbocycles. The Balaban J connectivity index is 1.22. The number of fused-ring (bicyclic) bond motifs is 1. The van der Waals surface area contributed by atoms with Gasteiger partial charge in [-0.2, -0.15) is 9.97 Å². The highest BCUT2D eigenvalue weighted by atomic mass is 16.5. The van der Waals surface area contributed by atoms with Gasteiger partial charge in [-0.3, -0.25) is 4.90 Å². The van der Waals surface area contributed by atoms with Crippen LogP contribution in [-0.2, 0) is 6.54 Å². The van der Waals surface area contributed by atoms with Crippen molar-refractivity contribution >= 4 is 17.1 Å². The number of benzene rings is 1. The van der Waals surface area contributed by atoms with E-state index in [2.05, 4.69) is 25.3 Å². The maximum absolute atomic E-state index is 5.78. The van der Waals surface area contributed by atoms with Gasteiger partial charge >= 0.3 is 0 Å². The van der Waals surface area contributed by atoms with Crippen molar-refractivity contribution in [3.63, 3.8) is 0 Å². The zero-order valence-corrected chi connectivity index (χ0v) is 14.0. The second kappa shape index (κ2) is 6.15. The van der Waals surface area contributed by atoms with Crippen molar-refractivity contribution in [2.24, 2.45) is 0 Å². The molecule has 25 heavy (non-hydrogen) atoms. The van der Waals surface area contributed by atoms with Gasteiger partial charge in [0, 0.05) is 18.5 Å². The average Bonchev–Trinajstić information content (AvgIpc) is 3.23. The molecule has 1 aliphatic heterocycles. The third kappa shape index (κ3) is 3.24. The standard InChI is InChI=1S/C18H21N5O2/c1-2-6-15-14(5-1)20-18(24-15)19-13-4-3-9-23(10-13)11-16-21-17(25-22-16)12-7-8-12/h1-2,5-6,12-13H,3-4,7-11H2,(H,19,20)/t13-/m0/s1. The molecule has 2 fully saturated rings. The number of likely N-dealkylation sites (tertiary alicyclic amines) is 1. The lowest BCUT2D eigenvalue weighted by atomic mass is 10.1. The molecule has 1 saturated carbocycles. The van der Waals surface area contributed by atoms with Crippen LogP contribution in [0.15, 0.2) is 33.2 Å². The van der Waals surface area contributed by atoms with Crippen LogP contribution < -0.4 is 5.32 Å². The fourth-order valence-electron chi connectivity index (χ4n) is 3.45. The topological polar surface area (TPSA) is 80.2 Å². The van der Waals surface area contributed by atoms with Gasteiger partial charge in [-0.25, -0.2) is 0 Å². The van der Waals surface area contributed by atoms with Gasteiger partial charge in [0.1, 0.15) is 5.52 Å². The van der Waals surface area contributed by atoms with Gasteiger partial charge in [-0.15, -0.1) is 0 Å². The van der Waals surface area contributed by atoms with Crippen molar-refractivity contribution in [2.45, 2.75) is 44.2 Å². The minimum Gasteiger partial charge on any atom is -0.424 e. The quantitative estimate of drug-likeness (QED) is 0.764. The van der Waals surface area contributed by atoms with Crippen molar-refractivity contribution in [1.82, 2.24) is 20.0 Å². The Hall–Kier alpha value is -2.41. The van der Waals surface area contributed by atoms with Crippen LogP contribution in [0, 0.1) is 0 Å². The minimum absolute atomic E-state index is 0.316. The molecule has 1 saturated heterocycles. The SMILES string of the molecule is c1ccc2oc(N[C@H]3CCCN(Cc4noc(C5CC5)n4)C3)nc2c1. The molecule has 7 nitrogen and oxygen atoms in total. The molecular formula is C18H21N5O2. The Morgan fingerprint density at radius 2 is 2.08 bits per heavy atom. The number of piperidine rings is 1. The molecule has 1 aliphatic carbocycles. The average molecular weight is 339 g/mol. The molecule has 2 aliphatic rings. The van der Waals surface area contributed by atoms with E-state index < -0.39 is 0 Å². The lowest BCUT2D eigenvalue weighted by Crippen LogP contribution is -2.41. The summed E-state index contributed by atoms with van der Waals surface area (Å²) in [6.07, 6.45) is 4.60. The summed E-state index contributed by atoms with van der Waals surface area (Å²) in [5.41, 5.74) is 1.70. The van der Waals surface area contributed by atoms with Crippen LogP contribution in [-0.4, -0.2) is 39.2 Å². The maximum Gasteiger partial charge on any atom is 0.295 e. The summed E-state index contributed by atoms with van der Waals surface area (Å²) in [6.45, 7) is 2.72. The van der Waals surface area contributed by atoms with Crippen LogP contribution in [0.3, 0.4) is 0 Å². The minimum atomic E-state index is 0.316. The zero-order valence-electron chi connectivity index (χ0n) is 14.0. The summed E-state index contributed by atoms with van der Waals surface area (Å²) in [5.74, 6) is 2.12. The molecule has 0 radical (unpaired) electrons. The Labute approximate surface area is 145 Å². The van der Waals surface area contributed by atoms with Crippen molar-refractivity contribution in [1.29, 1.82) is 0 Å². The molecule has 0 unspecified atom stereocenters.